The molecule has 3 aromatic carbocycles. The van der Waals surface area contributed by atoms with E-state index in [0.717, 1.165) is 29.4 Å². The number of nitrogens with one attached hydrogen (secondary N) is 1. The summed E-state index contributed by atoms with van der Waals surface area (Å²) in [7, 11) is 0. The normalized spacial score (nSPS) is 18.4. The molecule has 3 aliphatic heterocycles. The highest BCUT2D eigenvalue weighted by Crippen LogP contribution is 2.39. The van der Waals surface area contributed by atoms with Crippen LogP contribution in [0.3, 0.4) is 0 Å². The second-order valence-corrected chi connectivity index (χ2v) is 12.9. The van der Waals surface area contributed by atoms with Crippen molar-refractivity contribution in [2.75, 3.05) is 23.3 Å². The van der Waals surface area contributed by atoms with Crippen molar-refractivity contribution in [2.24, 2.45) is 5.16 Å². The number of halogens is 2. The van der Waals surface area contributed by atoms with E-state index in [1.54, 1.807) is 6.07 Å². The van der Waals surface area contributed by atoms with Crippen LogP contribution in [0.25, 0.3) is 0 Å². The second-order valence-electron chi connectivity index (χ2n) is 12.5. The molecule has 1 aromatic heterocycles. The maximum atomic E-state index is 14.8. The Morgan fingerprint density at radius 1 is 1.02 bits per heavy atom. The molecule has 252 valence electrons. The van der Waals surface area contributed by atoms with Gasteiger partial charge in [-0.25, -0.2) is 9.18 Å². The van der Waals surface area contributed by atoms with Crippen molar-refractivity contribution in [2.45, 2.75) is 57.8 Å². The number of anilines is 2. The summed E-state index contributed by atoms with van der Waals surface area (Å²) in [5.41, 5.74) is 3.39. The van der Waals surface area contributed by atoms with Gasteiger partial charge in [-0.3, -0.25) is 9.59 Å². The molecule has 4 heterocycles. The Hall–Kier alpha value is -5.30. The highest BCUT2D eigenvalue weighted by atomic mass is 35.5. The number of carbonyl (C=O) groups is 3. The summed E-state index contributed by atoms with van der Waals surface area (Å²) in [4.78, 5) is 48.9. The van der Waals surface area contributed by atoms with Crippen LogP contribution in [0.4, 0.5) is 15.8 Å². The molecule has 3 aliphatic rings. The lowest BCUT2D eigenvalue weighted by molar-refractivity contribution is -0.148. The predicted octanol–water partition coefficient (Wildman–Crippen LogP) is 5.17. The molecule has 0 radical (unpaired) electrons. The number of fused-ring (bicyclic) bond motifs is 2. The van der Waals surface area contributed by atoms with Gasteiger partial charge >= 0.3 is 5.97 Å². The Morgan fingerprint density at radius 3 is 2.55 bits per heavy atom. The summed E-state index contributed by atoms with van der Waals surface area (Å²) >= 11 is 5.98. The summed E-state index contributed by atoms with van der Waals surface area (Å²) in [6.07, 6.45) is -0.609. The highest BCUT2D eigenvalue weighted by molar-refractivity contribution is 6.31. The van der Waals surface area contributed by atoms with Crippen LogP contribution in [0.5, 0.6) is 0 Å². The molecule has 12 nitrogen and oxygen atoms in total. The van der Waals surface area contributed by atoms with Gasteiger partial charge in [0.25, 0.3) is 11.8 Å². The van der Waals surface area contributed by atoms with Gasteiger partial charge in [0.2, 0.25) is 6.10 Å². The largest absolute Gasteiger partial charge is 0.478 e. The molecule has 0 saturated heterocycles. The number of amides is 2. The molecule has 2 atom stereocenters. The summed E-state index contributed by atoms with van der Waals surface area (Å²) in [5.74, 6) is -0.621. The van der Waals surface area contributed by atoms with Gasteiger partial charge in [-0.2, -0.15) is 0 Å². The third-order valence-electron chi connectivity index (χ3n) is 9.17. The Balaban J connectivity index is 1.19. The first-order chi connectivity index (χ1) is 23.6. The number of hydrogen-bond donors (Lipinski definition) is 2. The van der Waals surface area contributed by atoms with Crippen LogP contribution in [0, 0.1) is 5.82 Å². The standard InChI is InChI=1S/C35H33ClFN7O5/c1-19(2)32-40-39-29-18-42(15-16-43(29)32)27-8-4-5-23-22(27)13-14-44(31(23)33(45)38-21-11-9-20(10-12-21)35(47)48)34(46)28-17-26(41-49-28)24-6-3-7-25(36)30(24)37/h3-12,19,28,31H,13-18H2,1-2H3,(H,38,45)(H,47,48)/t28-,31?/m1/s1. The number of benzene rings is 3. The molecular formula is C35H33ClFN7O5. The van der Waals surface area contributed by atoms with Gasteiger partial charge < -0.3 is 29.6 Å². The molecule has 0 aliphatic carbocycles. The Bertz CT molecular complexity index is 2000. The average Bonchev–Trinajstić information content (AvgIpc) is 3.76. The molecule has 2 amide bonds. The second kappa shape index (κ2) is 13.0. The van der Waals surface area contributed by atoms with E-state index >= 15 is 0 Å². The lowest BCUT2D eigenvalue weighted by Crippen LogP contribution is -2.49. The highest BCUT2D eigenvalue weighted by Gasteiger charge is 2.42. The Labute approximate surface area is 286 Å². The van der Waals surface area contributed by atoms with Crippen molar-refractivity contribution >= 4 is 46.5 Å². The number of aromatic nitrogens is 3. The molecule has 0 saturated carbocycles. The minimum atomic E-state index is -1.09. The number of carbonyl (C=O) groups excluding carboxylic acids is 2. The number of hydrogen-bond acceptors (Lipinski definition) is 8. The molecule has 0 fully saturated rings. The van der Waals surface area contributed by atoms with Gasteiger partial charge in [-0.15, -0.1) is 10.2 Å². The zero-order valence-electron chi connectivity index (χ0n) is 26.8. The minimum absolute atomic E-state index is 0.00267. The van der Waals surface area contributed by atoms with Gasteiger partial charge in [0, 0.05) is 48.9 Å². The molecule has 0 spiro atoms. The van der Waals surface area contributed by atoms with E-state index < -0.39 is 35.7 Å². The summed E-state index contributed by atoms with van der Waals surface area (Å²) < 4.78 is 17.0. The molecule has 14 heteroatoms. The minimum Gasteiger partial charge on any atom is -0.478 e. The fraction of sp³-hybridized carbons (Fsp3) is 0.314. The van der Waals surface area contributed by atoms with E-state index in [-0.39, 0.29) is 40.7 Å². The predicted molar refractivity (Wildman–Crippen MR) is 179 cm³/mol. The lowest BCUT2D eigenvalue weighted by atomic mass is 9.89. The molecule has 4 aromatic rings. The number of carboxylic acid groups (broad SMARTS) is 1. The summed E-state index contributed by atoms with van der Waals surface area (Å²) in [6.45, 7) is 6.37. The number of rotatable bonds is 7. The van der Waals surface area contributed by atoms with Crippen LogP contribution < -0.4 is 10.2 Å². The monoisotopic (exact) mass is 685 g/mol. The first kappa shape index (κ1) is 32.3. The van der Waals surface area contributed by atoms with Crippen molar-refractivity contribution in [3.63, 3.8) is 0 Å². The third kappa shape index (κ3) is 5.99. The van der Waals surface area contributed by atoms with Crippen LogP contribution in [0.1, 0.15) is 70.9 Å². The van der Waals surface area contributed by atoms with Crippen molar-refractivity contribution < 1.29 is 28.7 Å². The quantitative estimate of drug-likeness (QED) is 0.271. The Morgan fingerprint density at radius 2 is 1.80 bits per heavy atom. The first-order valence-corrected chi connectivity index (χ1v) is 16.4. The van der Waals surface area contributed by atoms with Crippen LogP contribution >= 0.6 is 11.6 Å². The van der Waals surface area contributed by atoms with E-state index in [0.29, 0.717) is 30.8 Å². The van der Waals surface area contributed by atoms with Crippen LogP contribution in [-0.4, -0.2) is 67.5 Å². The van der Waals surface area contributed by atoms with Gasteiger partial charge in [0.05, 0.1) is 22.8 Å². The van der Waals surface area contributed by atoms with Crippen LogP contribution in [0.15, 0.2) is 65.8 Å². The number of nitrogens with zero attached hydrogens (tertiary/aromatic N) is 6. The zero-order valence-corrected chi connectivity index (χ0v) is 27.5. The molecule has 1 unspecified atom stereocenters. The van der Waals surface area contributed by atoms with Crippen molar-refractivity contribution in [1.29, 1.82) is 0 Å². The van der Waals surface area contributed by atoms with E-state index in [1.807, 2.05) is 18.2 Å². The fourth-order valence-corrected chi connectivity index (χ4v) is 6.94. The lowest BCUT2D eigenvalue weighted by Gasteiger charge is -2.40. The van der Waals surface area contributed by atoms with E-state index in [1.165, 1.54) is 41.3 Å². The summed E-state index contributed by atoms with van der Waals surface area (Å²) in [6, 6.07) is 15.0. The van der Waals surface area contributed by atoms with E-state index in [2.05, 4.69) is 44.0 Å². The van der Waals surface area contributed by atoms with Gasteiger partial charge in [-0.1, -0.05) is 48.8 Å². The first-order valence-electron chi connectivity index (χ1n) is 16.0. The topological polar surface area (TPSA) is 142 Å². The van der Waals surface area contributed by atoms with E-state index in [9.17, 15) is 23.9 Å². The van der Waals surface area contributed by atoms with Crippen LogP contribution in [0.2, 0.25) is 5.02 Å². The van der Waals surface area contributed by atoms with Gasteiger partial charge in [0.15, 0.2) is 11.6 Å². The molecular weight excluding hydrogens is 653 g/mol. The molecule has 2 N–H and O–H groups in total. The SMILES string of the molecule is CC(C)c1nnc2n1CCN(c1cccc3c1CCN(C(=O)[C@H]1CC(c4cccc(Cl)c4F)=NO1)C3C(=O)Nc1ccc(C(=O)O)cc1)C2. The maximum Gasteiger partial charge on any atom is 0.335 e. The fourth-order valence-electron chi connectivity index (χ4n) is 6.77. The average molecular weight is 686 g/mol. The summed E-state index contributed by atoms with van der Waals surface area (Å²) in [5, 5.41) is 25.0. The zero-order chi connectivity index (χ0) is 34.4. The molecule has 49 heavy (non-hydrogen) atoms. The molecule has 0 bridgehead atoms. The number of aromatic carboxylic acids is 1. The van der Waals surface area contributed by atoms with Crippen molar-refractivity contribution in [3.05, 3.63) is 105 Å². The Kier molecular flexibility index (Phi) is 8.53. The van der Waals surface area contributed by atoms with Crippen LogP contribution in [-0.2, 0) is 33.9 Å². The maximum absolute atomic E-state index is 14.8. The van der Waals surface area contributed by atoms with Crippen molar-refractivity contribution in [3.8, 4) is 0 Å². The molecule has 7 rings (SSSR count). The number of carboxylic acids is 1. The van der Waals surface area contributed by atoms with Gasteiger partial charge in [0.1, 0.15) is 11.9 Å². The smallest absolute Gasteiger partial charge is 0.335 e. The van der Waals surface area contributed by atoms with Gasteiger partial charge in [-0.05, 0) is 60.0 Å². The third-order valence-corrected chi connectivity index (χ3v) is 9.46. The van der Waals surface area contributed by atoms with Crippen molar-refractivity contribution in [1.82, 2.24) is 19.7 Å². The number of oxime groups is 1. The van der Waals surface area contributed by atoms with E-state index in [4.69, 9.17) is 16.4 Å².